The van der Waals surface area contributed by atoms with Gasteiger partial charge in [-0.25, -0.2) is 4.39 Å². The molecule has 0 fully saturated rings. The van der Waals surface area contributed by atoms with Crippen LogP contribution in [-0.2, 0) is 0 Å². The summed E-state index contributed by atoms with van der Waals surface area (Å²) in [5.41, 5.74) is 5.95. The minimum absolute atomic E-state index is 0.332. The average Bonchev–Trinajstić information content (AvgIpc) is 1.96. The van der Waals surface area contributed by atoms with Gasteiger partial charge < -0.3 is 5.73 Å². The first-order valence-corrected chi connectivity index (χ1v) is 4.59. The molecule has 0 amide bonds. The van der Waals surface area contributed by atoms with E-state index in [0.29, 0.717) is 15.1 Å². The lowest BCUT2D eigenvalue weighted by molar-refractivity contribution is 0.593. The number of benzene rings is 1. The summed E-state index contributed by atoms with van der Waals surface area (Å²) in [5.74, 6) is -0.332. The Balaban J connectivity index is 3.23. The van der Waals surface area contributed by atoms with E-state index >= 15 is 0 Å². The Morgan fingerprint density at radius 1 is 1.58 bits per heavy atom. The molecule has 1 aromatic rings. The van der Waals surface area contributed by atoms with Gasteiger partial charge >= 0.3 is 0 Å². The summed E-state index contributed by atoms with van der Waals surface area (Å²) in [5, 5.41) is 0.476. The molecular weight excluding hydrogens is 244 g/mol. The van der Waals surface area contributed by atoms with E-state index in [1.807, 2.05) is 0 Å². The molecule has 1 atom stereocenters. The first-order chi connectivity index (χ1) is 5.52. The van der Waals surface area contributed by atoms with Gasteiger partial charge in [-0.1, -0.05) is 11.6 Å². The van der Waals surface area contributed by atoms with Gasteiger partial charge in [-0.2, -0.15) is 0 Å². The van der Waals surface area contributed by atoms with Crippen LogP contribution < -0.4 is 5.73 Å². The van der Waals surface area contributed by atoms with Gasteiger partial charge in [0.15, 0.2) is 0 Å². The van der Waals surface area contributed by atoms with Gasteiger partial charge in [-0.15, -0.1) is 0 Å². The fourth-order valence-electron chi connectivity index (χ4n) is 0.887. The Kier molecular flexibility index (Phi) is 3.09. The van der Waals surface area contributed by atoms with Crippen molar-refractivity contribution < 1.29 is 4.39 Å². The van der Waals surface area contributed by atoms with E-state index in [2.05, 4.69) is 15.9 Å². The van der Waals surface area contributed by atoms with E-state index in [0.717, 1.165) is 0 Å². The third-order valence-electron chi connectivity index (χ3n) is 1.53. The molecule has 0 aliphatic rings. The molecule has 0 unspecified atom stereocenters. The lowest BCUT2D eigenvalue weighted by Crippen LogP contribution is -2.07. The smallest absolute Gasteiger partial charge is 0.129 e. The summed E-state index contributed by atoms with van der Waals surface area (Å²) in [6, 6.07) is 2.52. The Bertz CT molecular complexity index is 301. The highest BCUT2D eigenvalue weighted by atomic mass is 79.9. The first kappa shape index (κ1) is 9.96. The second-order valence-corrected chi connectivity index (χ2v) is 3.84. The topological polar surface area (TPSA) is 26.0 Å². The normalized spacial score (nSPS) is 13.1. The van der Waals surface area contributed by atoms with Crippen LogP contribution in [0.25, 0.3) is 0 Å². The van der Waals surface area contributed by atoms with Crippen molar-refractivity contribution in [2.24, 2.45) is 5.73 Å². The Hall–Kier alpha value is -0.120. The summed E-state index contributed by atoms with van der Waals surface area (Å²) >= 11 is 8.88. The maximum atomic E-state index is 13.1. The fourth-order valence-corrected chi connectivity index (χ4v) is 1.37. The molecule has 0 saturated carbocycles. The predicted molar refractivity (Wildman–Crippen MR) is 51.7 cm³/mol. The van der Waals surface area contributed by atoms with Gasteiger partial charge in [0.05, 0.1) is 5.02 Å². The molecule has 2 N–H and O–H groups in total. The standard InChI is InChI=1S/C8H8BrClFN/c1-4(12)5-2-7(10)6(9)3-8(5)11/h2-4H,12H2,1H3/t4-/m1/s1. The van der Waals surface area contributed by atoms with Gasteiger partial charge in [0.25, 0.3) is 0 Å². The second kappa shape index (κ2) is 3.73. The van der Waals surface area contributed by atoms with Crippen molar-refractivity contribution in [1.29, 1.82) is 0 Å². The van der Waals surface area contributed by atoms with Crippen LogP contribution >= 0.6 is 27.5 Å². The molecule has 1 aromatic carbocycles. The third kappa shape index (κ3) is 1.97. The van der Waals surface area contributed by atoms with E-state index < -0.39 is 0 Å². The maximum Gasteiger partial charge on any atom is 0.129 e. The van der Waals surface area contributed by atoms with Crippen LogP contribution in [0.2, 0.25) is 5.02 Å². The number of halogens is 3. The van der Waals surface area contributed by atoms with Gasteiger partial charge in [0.2, 0.25) is 0 Å². The molecule has 0 aliphatic heterocycles. The zero-order valence-corrected chi connectivity index (χ0v) is 8.79. The van der Waals surface area contributed by atoms with Crippen LogP contribution in [-0.4, -0.2) is 0 Å². The van der Waals surface area contributed by atoms with Crippen molar-refractivity contribution in [3.63, 3.8) is 0 Å². The zero-order chi connectivity index (χ0) is 9.30. The van der Waals surface area contributed by atoms with Crippen molar-refractivity contribution in [1.82, 2.24) is 0 Å². The molecule has 66 valence electrons. The van der Waals surface area contributed by atoms with Gasteiger partial charge in [-0.3, -0.25) is 0 Å². The fraction of sp³-hybridized carbons (Fsp3) is 0.250. The quantitative estimate of drug-likeness (QED) is 0.763. The highest BCUT2D eigenvalue weighted by molar-refractivity contribution is 9.10. The largest absolute Gasteiger partial charge is 0.324 e. The summed E-state index contributed by atoms with van der Waals surface area (Å²) in [6.07, 6.45) is 0. The van der Waals surface area contributed by atoms with Gasteiger partial charge in [0.1, 0.15) is 5.82 Å². The lowest BCUT2D eigenvalue weighted by atomic mass is 10.1. The molecule has 0 saturated heterocycles. The first-order valence-electron chi connectivity index (χ1n) is 3.42. The highest BCUT2D eigenvalue weighted by Gasteiger charge is 2.09. The molecule has 1 rings (SSSR count). The van der Waals surface area contributed by atoms with E-state index in [-0.39, 0.29) is 11.9 Å². The van der Waals surface area contributed by atoms with Crippen molar-refractivity contribution in [3.05, 3.63) is 33.0 Å². The molecule has 4 heteroatoms. The van der Waals surface area contributed by atoms with Crippen molar-refractivity contribution in [2.75, 3.05) is 0 Å². The second-order valence-electron chi connectivity index (χ2n) is 2.58. The van der Waals surface area contributed by atoms with Crippen LogP contribution in [0.4, 0.5) is 4.39 Å². The summed E-state index contributed by atoms with van der Waals surface area (Å²) in [6.45, 7) is 1.71. The minimum Gasteiger partial charge on any atom is -0.324 e. The van der Waals surface area contributed by atoms with Gasteiger partial charge in [0, 0.05) is 16.1 Å². The molecule has 0 bridgehead atoms. The lowest BCUT2D eigenvalue weighted by Gasteiger charge is -2.08. The monoisotopic (exact) mass is 251 g/mol. The molecule has 12 heavy (non-hydrogen) atoms. The molecular formula is C8H8BrClFN. The molecule has 0 radical (unpaired) electrons. The third-order valence-corrected chi connectivity index (χ3v) is 2.73. The van der Waals surface area contributed by atoms with E-state index in [1.54, 1.807) is 6.92 Å². The molecule has 1 nitrogen and oxygen atoms in total. The number of hydrogen-bond donors (Lipinski definition) is 1. The van der Waals surface area contributed by atoms with Crippen molar-refractivity contribution in [3.8, 4) is 0 Å². The Morgan fingerprint density at radius 2 is 2.17 bits per heavy atom. The minimum atomic E-state index is -0.337. The van der Waals surface area contributed by atoms with Crippen LogP contribution in [0.1, 0.15) is 18.5 Å². The number of nitrogens with two attached hydrogens (primary N) is 1. The van der Waals surface area contributed by atoms with Crippen LogP contribution in [0.5, 0.6) is 0 Å². The average molecular weight is 253 g/mol. The Morgan fingerprint density at radius 3 is 2.67 bits per heavy atom. The zero-order valence-electron chi connectivity index (χ0n) is 6.44. The molecule has 0 aromatic heterocycles. The van der Waals surface area contributed by atoms with E-state index in [1.165, 1.54) is 12.1 Å². The van der Waals surface area contributed by atoms with E-state index in [4.69, 9.17) is 17.3 Å². The molecule has 0 aliphatic carbocycles. The van der Waals surface area contributed by atoms with Crippen LogP contribution in [0.3, 0.4) is 0 Å². The van der Waals surface area contributed by atoms with Crippen LogP contribution in [0, 0.1) is 5.82 Å². The molecule has 0 spiro atoms. The number of hydrogen-bond acceptors (Lipinski definition) is 1. The predicted octanol–water partition coefficient (Wildman–Crippen LogP) is 3.26. The maximum absolute atomic E-state index is 13.1. The SMILES string of the molecule is C[C@@H](N)c1cc(Cl)c(Br)cc1F. The molecule has 0 heterocycles. The van der Waals surface area contributed by atoms with Crippen LogP contribution in [0.15, 0.2) is 16.6 Å². The summed E-state index contributed by atoms with van der Waals surface area (Å²) < 4.78 is 13.7. The Labute approximate surface area is 83.8 Å². The summed E-state index contributed by atoms with van der Waals surface area (Å²) in [7, 11) is 0. The summed E-state index contributed by atoms with van der Waals surface area (Å²) in [4.78, 5) is 0. The van der Waals surface area contributed by atoms with E-state index in [9.17, 15) is 4.39 Å². The van der Waals surface area contributed by atoms with Crippen molar-refractivity contribution >= 4 is 27.5 Å². The van der Waals surface area contributed by atoms with Crippen molar-refractivity contribution in [2.45, 2.75) is 13.0 Å². The van der Waals surface area contributed by atoms with Gasteiger partial charge in [-0.05, 0) is 35.0 Å². The number of rotatable bonds is 1. The highest BCUT2D eigenvalue weighted by Crippen LogP contribution is 2.27.